The fraction of sp³-hybridized carbons (Fsp3) is 0.316. The van der Waals surface area contributed by atoms with Gasteiger partial charge in [-0.2, -0.15) is 0 Å². The predicted octanol–water partition coefficient (Wildman–Crippen LogP) is 4.27. The van der Waals surface area contributed by atoms with Crippen LogP contribution in [0.5, 0.6) is 5.75 Å². The Balaban J connectivity index is 1.72. The third-order valence-corrected chi connectivity index (χ3v) is 4.95. The zero-order chi connectivity index (χ0) is 16.6. The maximum Gasteiger partial charge on any atom is 0.251 e. The molecule has 1 fully saturated rings. The van der Waals surface area contributed by atoms with E-state index in [-0.39, 0.29) is 17.4 Å². The van der Waals surface area contributed by atoms with Crippen LogP contribution in [0.1, 0.15) is 35.7 Å². The first-order valence-electron chi connectivity index (χ1n) is 7.64. The SMILES string of the molecule is COc1ccc([C@H]2[C@H](NC(=O)c3ccc(Cl)cc3)C2(C)C)cc1. The van der Waals surface area contributed by atoms with Gasteiger partial charge in [-0.25, -0.2) is 0 Å². The van der Waals surface area contributed by atoms with Crippen LogP contribution in [0.25, 0.3) is 0 Å². The highest BCUT2D eigenvalue weighted by atomic mass is 35.5. The van der Waals surface area contributed by atoms with Crippen LogP contribution in [0.4, 0.5) is 0 Å². The Hall–Kier alpha value is -2.00. The van der Waals surface area contributed by atoms with Crippen molar-refractivity contribution in [3.05, 3.63) is 64.7 Å². The van der Waals surface area contributed by atoms with Gasteiger partial charge in [0.1, 0.15) is 5.75 Å². The summed E-state index contributed by atoms with van der Waals surface area (Å²) in [6, 6.07) is 15.1. The van der Waals surface area contributed by atoms with Crippen molar-refractivity contribution in [2.75, 3.05) is 7.11 Å². The zero-order valence-electron chi connectivity index (χ0n) is 13.5. The van der Waals surface area contributed by atoms with Gasteiger partial charge in [-0.15, -0.1) is 0 Å². The minimum atomic E-state index is -0.0595. The molecule has 23 heavy (non-hydrogen) atoms. The quantitative estimate of drug-likeness (QED) is 0.909. The van der Waals surface area contributed by atoms with E-state index in [9.17, 15) is 4.79 Å². The second-order valence-corrected chi connectivity index (χ2v) is 6.97. The Morgan fingerprint density at radius 3 is 2.26 bits per heavy atom. The van der Waals surface area contributed by atoms with Crippen LogP contribution >= 0.6 is 11.6 Å². The highest BCUT2D eigenvalue weighted by Crippen LogP contribution is 2.58. The molecular formula is C19H20ClNO2. The third kappa shape index (κ3) is 3.06. The molecule has 4 heteroatoms. The Morgan fingerprint density at radius 1 is 1.09 bits per heavy atom. The Kier molecular flexibility index (Phi) is 4.07. The summed E-state index contributed by atoms with van der Waals surface area (Å²) < 4.78 is 5.20. The van der Waals surface area contributed by atoms with Gasteiger partial charge in [-0.1, -0.05) is 37.6 Å². The van der Waals surface area contributed by atoms with Crippen molar-refractivity contribution in [3.63, 3.8) is 0 Å². The molecule has 2 aromatic carbocycles. The lowest BCUT2D eigenvalue weighted by Crippen LogP contribution is -2.28. The van der Waals surface area contributed by atoms with E-state index in [0.717, 1.165) is 5.75 Å². The molecule has 1 aliphatic rings. The van der Waals surface area contributed by atoms with Crippen LogP contribution in [0, 0.1) is 5.41 Å². The molecule has 1 amide bonds. The minimum Gasteiger partial charge on any atom is -0.497 e. The molecule has 2 atom stereocenters. The number of halogens is 1. The van der Waals surface area contributed by atoms with E-state index in [0.29, 0.717) is 16.5 Å². The lowest BCUT2D eigenvalue weighted by Gasteiger charge is -2.06. The van der Waals surface area contributed by atoms with Gasteiger partial charge in [-0.3, -0.25) is 4.79 Å². The second kappa shape index (κ2) is 5.89. The second-order valence-electron chi connectivity index (χ2n) is 6.53. The maximum atomic E-state index is 12.4. The molecule has 1 saturated carbocycles. The number of rotatable bonds is 4. The van der Waals surface area contributed by atoms with Gasteiger partial charge < -0.3 is 10.1 Å². The van der Waals surface area contributed by atoms with Crippen LogP contribution < -0.4 is 10.1 Å². The fourth-order valence-electron chi connectivity index (χ4n) is 3.17. The summed E-state index contributed by atoms with van der Waals surface area (Å²) in [5.41, 5.74) is 1.89. The lowest BCUT2D eigenvalue weighted by molar-refractivity contribution is 0.0946. The van der Waals surface area contributed by atoms with Crippen LogP contribution in [0.15, 0.2) is 48.5 Å². The zero-order valence-corrected chi connectivity index (χ0v) is 14.2. The normalized spacial score (nSPS) is 21.6. The molecule has 0 spiro atoms. The van der Waals surface area contributed by atoms with Gasteiger partial charge in [0, 0.05) is 22.5 Å². The van der Waals surface area contributed by atoms with E-state index in [1.807, 2.05) is 12.1 Å². The summed E-state index contributed by atoms with van der Waals surface area (Å²) in [6.45, 7) is 4.35. The molecule has 0 aliphatic heterocycles. The lowest BCUT2D eigenvalue weighted by atomic mass is 10.0. The highest BCUT2D eigenvalue weighted by Gasteiger charge is 2.59. The molecule has 0 aromatic heterocycles. The first-order chi connectivity index (χ1) is 10.9. The number of ether oxygens (including phenoxy) is 1. The van der Waals surface area contributed by atoms with E-state index < -0.39 is 0 Å². The molecule has 120 valence electrons. The maximum absolute atomic E-state index is 12.4. The summed E-state index contributed by atoms with van der Waals surface area (Å²) in [6.07, 6.45) is 0. The van der Waals surface area contributed by atoms with Gasteiger partial charge >= 0.3 is 0 Å². The Labute approximate surface area is 141 Å². The van der Waals surface area contributed by atoms with Crippen molar-refractivity contribution in [1.29, 1.82) is 0 Å². The molecule has 2 aromatic rings. The molecule has 1 N–H and O–H groups in total. The molecular weight excluding hydrogens is 310 g/mol. The number of benzene rings is 2. The topological polar surface area (TPSA) is 38.3 Å². The Bertz CT molecular complexity index is 707. The summed E-state index contributed by atoms with van der Waals surface area (Å²) >= 11 is 5.87. The molecule has 0 unspecified atom stereocenters. The third-order valence-electron chi connectivity index (χ3n) is 4.70. The first kappa shape index (κ1) is 15.9. The minimum absolute atomic E-state index is 0.0384. The van der Waals surface area contributed by atoms with Crippen molar-refractivity contribution >= 4 is 17.5 Å². The monoisotopic (exact) mass is 329 g/mol. The van der Waals surface area contributed by atoms with E-state index >= 15 is 0 Å². The van der Waals surface area contributed by atoms with Crippen LogP contribution in [-0.2, 0) is 0 Å². The summed E-state index contributed by atoms with van der Waals surface area (Å²) in [4.78, 5) is 12.4. The molecule has 0 bridgehead atoms. The number of carbonyl (C=O) groups is 1. The number of methoxy groups -OCH3 is 1. The van der Waals surface area contributed by atoms with Crippen molar-refractivity contribution in [2.24, 2.45) is 5.41 Å². The van der Waals surface area contributed by atoms with Gasteiger partial charge in [0.15, 0.2) is 0 Å². The van der Waals surface area contributed by atoms with Crippen LogP contribution in [0.3, 0.4) is 0 Å². The van der Waals surface area contributed by atoms with Gasteiger partial charge in [0.2, 0.25) is 0 Å². The van der Waals surface area contributed by atoms with Crippen LogP contribution in [0.2, 0.25) is 5.02 Å². The van der Waals surface area contributed by atoms with E-state index in [1.165, 1.54) is 5.56 Å². The van der Waals surface area contributed by atoms with E-state index in [1.54, 1.807) is 31.4 Å². The highest BCUT2D eigenvalue weighted by molar-refractivity contribution is 6.30. The smallest absolute Gasteiger partial charge is 0.251 e. The number of hydrogen-bond donors (Lipinski definition) is 1. The molecule has 3 rings (SSSR count). The molecule has 0 saturated heterocycles. The molecule has 0 heterocycles. The summed E-state index contributed by atoms with van der Waals surface area (Å²) in [7, 11) is 1.66. The van der Waals surface area contributed by atoms with Gasteiger partial charge in [0.05, 0.1) is 7.11 Å². The summed E-state index contributed by atoms with van der Waals surface area (Å²) in [5, 5.41) is 3.77. The van der Waals surface area contributed by atoms with E-state index in [4.69, 9.17) is 16.3 Å². The van der Waals surface area contributed by atoms with Crippen molar-refractivity contribution < 1.29 is 9.53 Å². The van der Waals surface area contributed by atoms with E-state index in [2.05, 4.69) is 31.3 Å². The fourth-order valence-corrected chi connectivity index (χ4v) is 3.29. The molecule has 0 radical (unpaired) electrons. The van der Waals surface area contributed by atoms with Gasteiger partial charge in [0.25, 0.3) is 5.91 Å². The number of nitrogens with one attached hydrogen (secondary N) is 1. The Morgan fingerprint density at radius 2 is 1.70 bits per heavy atom. The number of hydrogen-bond acceptors (Lipinski definition) is 2. The largest absolute Gasteiger partial charge is 0.497 e. The predicted molar refractivity (Wildman–Crippen MR) is 92.2 cm³/mol. The molecule has 3 nitrogen and oxygen atoms in total. The van der Waals surface area contributed by atoms with Crippen molar-refractivity contribution in [3.8, 4) is 5.75 Å². The molecule has 1 aliphatic carbocycles. The average Bonchev–Trinajstić information content (AvgIpc) is 3.08. The van der Waals surface area contributed by atoms with Crippen molar-refractivity contribution in [1.82, 2.24) is 5.32 Å². The summed E-state index contributed by atoms with van der Waals surface area (Å²) in [5.74, 6) is 1.09. The van der Waals surface area contributed by atoms with Crippen LogP contribution in [-0.4, -0.2) is 19.1 Å². The van der Waals surface area contributed by atoms with Crippen molar-refractivity contribution in [2.45, 2.75) is 25.8 Å². The van der Waals surface area contributed by atoms with Gasteiger partial charge in [-0.05, 0) is 47.4 Å². The number of amides is 1. The standard InChI is InChI=1S/C19H20ClNO2/c1-19(2)16(12-6-10-15(23-3)11-7-12)17(19)21-18(22)13-4-8-14(20)9-5-13/h4-11,16-17H,1-3H3,(H,21,22)/t16-,17-/m0/s1. The first-order valence-corrected chi connectivity index (χ1v) is 8.01. The average molecular weight is 330 g/mol. The number of carbonyl (C=O) groups excluding carboxylic acids is 1.